The molecular weight excluding hydrogens is 414 g/mol. The second-order valence-electron chi connectivity index (χ2n) is 6.40. The van der Waals surface area contributed by atoms with Crippen LogP contribution in [0.1, 0.15) is 5.56 Å². The van der Waals surface area contributed by atoms with E-state index in [0.29, 0.717) is 5.69 Å². The summed E-state index contributed by atoms with van der Waals surface area (Å²) in [6.45, 7) is 1.43. The van der Waals surface area contributed by atoms with Crippen LogP contribution in [0.2, 0.25) is 0 Å². The third-order valence-electron chi connectivity index (χ3n) is 4.01. The highest BCUT2D eigenvalue weighted by Gasteiger charge is 2.15. The summed E-state index contributed by atoms with van der Waals surface area (Å²) in [5, 5.41) is 2.20. The van der Waals surface area contributed by atoms with E-state index in [9.17, 15) is 22.0 Å². The van der Waals surface area contributed by atoms with Crippen LogP contribution in [0.3, 0.4) is 0 Å². The van der Waals surface area contributed by atoms with Gasteiger partial charge < -0.3 is 10.1 Å². The van der Waals surface area contributed by atoms with Crippen molar-refractivity contribution in [3.05, 3.63) is 83.9 Å². The molecule has 0 saturated heterocycles. The van der Waals surface area contributed by atoms with Gasteiger partial charge in [-0.25, -0.2) is 17.2 Å². The molecule has 0 aliphatic rings. The van der Waals surface area contributed by atoms with Crippen molar-refractivity contribution in [2.24, 2.45) is 0 Å². The van der Waals surface area contributed by atoms with E-state index in [1.54, 1.807) is 24.3 Å². The van der Waals surface area contributed by atoms with Gasteiger partial charge in [-0.05, 0) is 55.5 Å². The minimum atomic E-state index is -3.79. The number of hydrogen-bond donors (Lipinski definition) is 2. The van der Waals surface area contributed by atoms with Gasteiger partial charge in [-0.2, -0.15) is 0 Å². The number of amides is 1. The Labute approximate surface area is 172 Å². The first kappa shape index (κ1) is 21.3. The third-order valence-corrected chi connectivity index (χ3v) is 5.41. The fourth-order valence-corrected chi connectivity index (χ4v) is 3.54. The number of rotatable bonds is 7. The number of hydrogen-bond acceptors (Lipinski definition) is 4. The molecule has 0 aliphatic carbocycles. The van der Waals surface area contributed by atoms with Crippen molar-refractivity contribution in [2.45, 2.75) is 11.8 Å². The lowest BCUT2D eigenvalue weighted by molar-refractivity contribution is -0.118. The molecule has 0 unspecified atom stereocenters. The summed E-state index contributed by atoms with van der Waals surface area (Å²) < 4.78 is 59.3. The largest absolute Gasteiger partial charge is 0.484 e. The van der Waals surface area contributed by atoms with E-state index in [0.717, 1.165) is 23.8 Å². The number of anilines is 2. The molecule has 0 radical (unpaired) electrons. The highest BCUT2D eigenvalue weighted by Crippen LogP contribution is 2.20. The summed E-state index contributed by atoms with van der Waals surface area (Å²) in [4.78, 5) is 11.9. The molecular formula is C21H18F2N2O4S. The maximum Gasteiger partial charge on any atom is 0.262 e. The van der Waals surface area contributed by atoms with Gasteiger partial charge in [0.15, 0.2) is 6.61 Å². The monoisotopic (exact) mass is 432 g/mol. The summed E-state index contributed by atoms with van der Waals surface area (Å²) >= 11 is 0. The van der Waals surface area contributed by atoms with Crippen molar-refractivity contribution in [1.82, 2.24) is 0 Å². The second-order valence-corrected chi connectivity index (χ2v) is 8.09. The molecule has 0 heterocycles. The fraction of sp³-hybridized carbons (Fsp3) is 0.0952. The van der Waals surface area contributed by atoms with Gasteiger partial charge in [0.05, 0.1) is 10.6 Å². The zero-order chi connectivity index (χ0) is 21.7. The van der Waals surface area contributed by atoms with Crippen LogP contribution >= 0.6 is 0 Å². The standard InChI is InChI=1S/C21H18F2N2O4S/c1-14-2-5-16(6-3-14)25-30(27,28)18-9-7-17(8-10-18)29-13-21(26)24-20-12-15(22)4-11-19(20)23/h2-12,25H,13H2,1H3,(H,24,26). The number of sulfonamides is 1. The summed E-state index contributed by atoms with van der Waals surface area (Å²) in [5.41, 5.74) is 1.14. The van der Waals surface area contributed by atoms with Crippen LogP contribution in [0, 0.1) is 18.6 Å². The van der Waals surface area contributed by atoms with E-state index in [1.807, 2.05) is 6.92 Å². The minimum Gasteiger partial charge on any atom is -0.484 e. The number of ether oxygens (including phenoxy) is 1. The average molecular weight is 432 g/mol. The smallest absolute Gasteiger partial charge is 0.262 e. The zero-order valence-corrected chi connectivity index (χ0v) is 16.7. The molecule has 0 spiro atoms. The van der Waals surface area contributed by atoms with Gasteiger partial charge in [-0.15, -0.1) is 0 Å². The van der Waals surface area contributed by atoms with Gasteiger partial charge >= 0.3 is 0 Å². The number of halogens is 2. The molecule has 3 aromatic rings. The van der Waals surface area contributed by atoms with Crippen LogP contribution in [-0.2, 0) is 14.8 Å². The number of nitrogens with one attached hydrogen (secondary N) is 2. The van der Waals surface area contributed by atoms with E-state index < -0.39 is 34.2 Å². The number of carbonyl (C=O) groups excluding carboxylic acids is 1. The third kappa shape index (κ3) is 5.54. The highest BCUT2D eigenvalue weighted by atomic mass is 32.2. The van der Waals surface area contributed by atoms with Crippen LogP contribution < -0.4 is 14.8 Å². The van der Waals surface area contributed by atoms with E-state index in [4.69, 9.17) is 4.74 Å². The molecule has 2 N–H and O–H groups in total. The Hall–Kier alpha value is -3.46. The molecule has 0 atom stereocenters. The van der Waals surface area contributed by atoms with E-state index in [1.165, 1.54) is 24.3 Å². The first-order valence-corrected chi connectivity index (χ1v) is 10.3. The molecule has 0 bridgehead atoms. The molecule has 0 aliphatic heterocycles. The van der Waals surface area contributed by atoms with Crippen molar-refractivity contribution >= 4 is 27.3 Å². The second kappa shape index (κ2) is 8.91. The Morgan fingerprint density at radius 2 is 1.63 bits per heavy atom. The normalized spacial score (nSPS) is 11.0. The molecule has 0 fully saturated rings. The van der Waals surface area contributed by atoms with E-state index >= 15 is 0 Å². The van der Waals surface area contributed by atoms with Crippen molar-refractivity contribution in [2.75, 3.05) is 16.6 Å². The lowest BCUT2D eigenvalue weighted by atomic mass is 10.2. The van der Waals surface area contributed by atoms with E-state index in [2.05, 4.69) is 10.0 Å². The first-order chi connectivity index (χ1) is 14.2. The molecule has 1 amide bonds. The summed E-state index contributed by atoms with van der Waals surface area (Å²) in [6.07, 6.45) is 0. The Morgan fingerprint density at radius 3 is 2.30 bits per heavy atom. The fourth-order valence-electron chi connectivity index (χ4n) is 2.48. The SMILES string of the molecule is Cc1ccc(NS(=O)(=O)c2ccc(OCC(=O)Nc3cc(F)ccc3F)cc2)cc1. The van der Waals surface area contributed by atoms with Crippen molar-refractivity contribution in [3.8, 4) is 5.75 Å². The lowest BCUT2D eigenvalue weighted by Gasteiger charge is -2.10. The summed E-state index contributed by atoms with van der Waals surface area (Å²) in [5.74, 6) is -1.93. The van der Waals surface area contributed by atoms with Gasteiger partial charge in [0.25, 0.3) is 15.9 Å². The number of aryl methyl sites for hydroxylation is 1. The van der Waals surface area contributed by atoms with Crippen molar-refractivity contribution in [1.29, 1.82) is 0 Å². The van der Waals surface area contributed by atoms with Crippen LogP contribution in [0.15, 0.2) is 71.6 Å². The number of benzene rings is 3. The van der Waals surface area contributed by atoms with Crippen LogP contribution in [0.4, 0.5) is 20.2 Å². The molecule has 3 aromatic carbocycles. The predicted octanol–water partition coefficient (Wildman–Crippen LogP) is 4.09. The summed E-state index contributed by atoms with van der Waals surface area (Å²) in [7, 11) is -3.79. The average Bonchev–Trinajstić information content (AvgIpc) is 2.71. The molecule has 156 valence electrons. The molecule has 30 heavy (non-hydrogen) atoms. The Bertz CT molecular complexity index is 1150. The lowest BCUT2D eigenvalue weighted by Crippen LogP contribution is -2.21. The Morgan fingerprint density at radius 1 is 0.967 bits per heavy atom. The molecule has 6 nitrogen and oxygen atoms in total. The first-order valence-electron chi connectivity index (χ1n) is 8.80. The summed E-state index contributed by atoms with van der Waals surface area (Å²) in [6, 6.07) is 15.0. The molecule has 0 saturated carbocycles. The minimum absolute atomic E-state index is 0.0155. The van der Waals surface area contributed by atoms with Gasteiger partial charge in [-0.1, -0.05) is 17.7 Å². The van der Waals surface area contributed by atoms with Crippen molar-refractivity contribution < 1.29 is 26.7 Å². The quantitative estimate of drug-likeness (QED) is 0.589. The van der Waals surface area contributed by atoms with Crippen molar-refractivity contribution in [3.63, 3.8) is 0 Å². The maximum atomic E-state index is 13.5. The van der Waals surface area contributed by atoms with Crippen LogP contribution in [0.25, 0.3) is 0 Å². The van der Waals surface area contributed by atoms with Gasteiger partial charge in [0, 0.05) is 11.8 Å². The van der Waals surface area contributed by atoms with Gasteiger partial charge in [-0.3, -0.25) is 9.52 Å². The van der Waals surface area contributed by atoms with E-state index in [-0.39, 0.29) is 16.3 Å². The van der Waals surface area contributed by atoms with Gasteiger partial charge in [0.1, 0.15) is 17.4 Å². The van der Waals surface area contributed by atoms with Gasteiger partial charge in [0.2, 0.25) is 0 Å². The Balaban J connectivity index is 1.59. The molecule has 3 rings (SSSR count). The maximum absolute atomic E-state index is 13.5. The van der Waals surface area contributed by atoms with Crippen LogP contribution in [0.5, 0.6) is 5.75 Å². The zero-order valence-electron chi connectivity index (χ0n) is 15.9. The highest BCUT2D eigenvalue weighted by molar-refractivity contribution is 7.92. The predicted molar refractivity (Wildman–Crippen MR) is 109 cm³/mol. The Kier molecular flexibility index (Phi) is 6.31. The molecule has 0 aromatic heterocycles. The topological polar surface area (TPSA) is 84.5 Å². The molecule has 9 heteroatoms. The van der Waals surface area contributed by atoms with Crippen LogP contribution in [-0.4, -0.2) is 20.9 Å². The number of carbonyl (C=O) groups is 1.